The van der Waals surface area contributed by atoms with Gasteiger partial charge in [0.05, 0.1) is 0 Å². The summed E-state index contributed by atoms with van der Waals surface area (Å²) >= 11 is 1.72. The van der Waals surface area contributed by atoms with Gasteiger partial charge in [-0.3, -0.25) is 4.90 Å². The minimum Gasteiger partial charge on any atom is -0.355 e. The highest BCUT2D eigenvalue weighted by atomic mass is 32.1. The quantitative estimate of drug-likeness (QED) is 0.675. The van der Waals surface area contributed by atoms with Crippen molar-refractivity contribution in [1.82, 2.24) is 4.90 Å². The van der Waals surface area contributed by atoms with E-state index in [9.17, 15) is 0 Å². The zero-order valence-electron chi connectivity index (χ0n) is 8.90. The summed E-state index contributed by atoms with van der Waals surface area (Å²) in [5.74, 6) is 0. The van der Waals surface area contributed by atoms with Crippen LogP contribution in [0.3, 0.4) is 0 Å². The third kappa shape index (κ3) is 3.75. The molecule has 0 unspecified atom stereocenters. The molecular weight excluding hydrogens is 198 g/mol. The second kappa shape index (κ2) is 6.14. The van der Waals surface area contributed by atoms with E-state index >= 15 is 0 Å². The van der Waals surface area contributed by atoms with Crippen molar-refractivity contribution in [3.05, 3.63) is 22.4 Å². The van der Waals surface area contributed by atoms with Crippen molar-refractivity contribution in [3.63, 3.8) is 0 Å². The van der Waals surface area contributed by atoms with Crippen LogP contribution >= 0.6 is 11.3 Å². The van der Waals surface area contributed by atoms with Crippen molar-refractivity contribution in [3.8, 4) is 0 Å². The number of nitrogens with zero attached hydrogens (tertiary/aromatic N) is 1. The summed E-state index contributed by atoms with van der Waals surface area (Å²) in [4.78, 5) is 2.18. The van der Waals surface area contributed by atoms with Gasteiger partial charge in [0.25, 0.3) is 0 Å². The molecule has 0 aromatic carbocycles. The molecule has 0 saturated carbocycles. The Morgan fingerprint density at radius 1 is 1.43 bits per heavy atom. The Morgan fingerprint density at radius 2 is 2.14 bits per heavy atom. The lowest BCUT2D eigenvalue weighted by molar-refractivity contribution is -0.114. The monoisotopic (exact) mass is 215 g/mol. The van der Waals surface area contributed by atoms with E-state index in [1.54, 1.807) is 25.6 Å². The highest BCUT2D eigenvalue weighted by Gasteiger charge is 2.09. The molecule has 1 heterocycles. The van der Waals surface area contributed by atoms with E-state index in [2.05, 4.69) is 28.8 Å². The standard InChI is InChI=1S/C10H17NO2S/c1-11(7-10(12-2)13-3)6-9-4-5-14-8-9/h4-5,8,10H,6-7H2,1-3H3. The Morgan fingerprint density at radius 3 is 2.64 bits per heavy atom. The first-order chi connectivity index (χ1) is 6.76. The van der Waals surface area contributed by atoms with Crippen LogP contribution in [0, 0.1) is 0 Å². The summed E-state index contributed by atoms with van der Waals surface area (Å²) in [6.45, 7) is 1.72. The van der Waals surface area contributed by atoms with Crippen molar-refractivity contribution < 1.29 is 9.47 Å². The van der Waals surface area contributed by atoms with Crippen molar-refractivity contribution in [2.45, 2.75) is 12.8 Å². The third-order valence-electron chi connectivity index (χ3n) is 2.02. The van der Waals surface area contributed by atoms with E-state index in [1.165, 1.54) is 5.56 Å². The molecule has 0 N–H and O–H groups in total. The minimum absolute atomic E-state index is 0.140. The molecule has 0 aliphatic carbocycles. The molecular formula is C10H17NO2S. The summed E-state index contributed by atoms with van der Waals surface area (Å²) in [6, 6.07) is 2.13. The third-order valence-corrected chi connectivity index (χ3v) is 2.75. The van der Waals surface area contributed by atoms with Gasteiger partial charge in [0.2, 0.25) is 0 Å². The van der Waals surface area contributed by atoms with Gasteiger partial charge in [-0.15, -0.1) is 0 Å². The fourth-order valence-corrected chi connectivity index (χ4v) is 1.92. The molecule has 0 fully saturated rings. The van der Waals surface area contributed by atoms with Crippen LogP contribution in [0.2, 0.25) is 0 Å². The van der Waals surface area contributed by atoms with Gasteiger partial charge in [0, 0.05) is 27.3 Å². The van der Waals surface area contributed by atoms with Crippen LogP contribution in [0.4, 0.5) is 0 Å². The first kappa shape index (κ1) is 11.7. The number of rotatable bonds is 6. The molecule has 14 heavy (non-hydrogen) atoms. The number of hydrogen-bond donors (Lipinski definition) is 0. The Labute approximate surface area is 89.2 Å². The predicted molar refractivity (Wildman–Crippen MR) is 58.5 cm³/mol. The molecule has 1 rings (SSSR count). The molecule has 0 saturated heterocycles. The molecule has 0 amide bonds. The lowest BCUT2D eigenvalue weighted by Gasteiger charge is -2.21. The molecule has 0 atom stereocenters. The molecule has 1 aromatic heterocycles. The molecule has 0 bridgehead atoms. The summed E-state index contributed by atoms with van der Waals surface area (Å²) in [6.07, 6.45) is -0.140. The average Bonchev–Trinajstić information content (AvgIpc) is 2.66. The summed E-state index contributed by atoms with van der Waals surface area (Å²) < 4.78 is 10.3. The number of ether oxygens (including phenoxy) is 2. The van der Waals surface area contributed by atoms with Crippen LogP contribution in [0.25, 0.3) is 0 Å². The van der Waals surface area contributed by atoms with E-state index < -0.39 is 0 Å². The van der Waals surface area contributed by atoms with Gasteiger partial charge in [-0.2, -0.15) is 11.3 Å². The van der Waals surface area contributed by atoms with Crippen LogP contribution in [-0.4, -0.2) is 39.0 Å². The van der Waals surface area contributed by atoms with Gasteiger partial charge >= 0.3 is 0 Å². The average molecular weight is 215 g/mol. The number of thiophene rings is 1. The van der Waals surface area contributed by atoms with Gasteiger partial charge in [-0.05, 0) is 29.4 Å². The molecule has 80 valence electrons. The maximum atomic E-state index is 5.13. The van der Waals surface area contributed by atoms with Crippen LogP contribution < -0.4 is 0 Å². The first-order valence-electron chi connectivity index (χ1n) is 4.51. The largest absolute Gasteiger partial charge is 0.355 e. The minimum atomic E-state index is -0.140. The normalized spacial score (nSPS) is 11.5. The topological polar surface area (TPSA) is 21.7 Å². The van der Waals surface area contributed by atoms with E-state index in [4.69, 9.17) is 9.47 Å². The number of hydrogen-bond acceptors (Lipinski definition) is 4. The lowest BCUT2D eigenvalue weighted by atomic mass is 10.3. The SMILES string of the molecule is COC(CN(C)Cc1ccsc1)OC. The van der Waals surface area contributed by atoms with Crippen molar-refractivity contribution in [2.24, 2.45) is 0 Å². The number of methoxy groups -OCH3 is 2. The molecule has 0 radical (unpaired) electrons. The van der Waals surface area contributed by atoms with Crippen LogP contribution in [0.5, 0.6) is 0 Å². The Balaban J connectivity index is 2.31. The molecule has 4 heteroatoms. The number of likely N-dealkylation sites (N-methyl/N-ethyl adjacent to an activating group) is 1. The lowest BCUT2D eigenvalue weighted by Crippen LogP contribution is -2.31. The van der Waals surface area contributed by atoms with Gasteiger partial charge in [-0.25, -0.2) is 0 Å². The van der Waals surface area contributed by atoms with E-state index in [-0.39, 0.29) is 6.29 Å². The Bertz CT molecular complexity index is 234. The first-order valence-corrected chi connectivity index (χ1v) is 5.45. The second-order valence-corrected chi connectivity index (χ2v) is 4.01. The Hall–Kier alpha value is -0.420. The second-order valence-electron chi connectivity index (χ2n) is 3.23. The molecule has 0 spiro atoms. The maximum Gasteiger partial charge on any atom is 0.169 e. The molecule has 3 nitrogen and oxygen atoms in total. The highest BCUT2D eigenvalue weighted by molar-refractivity contribution is 7.07. The van der Waals surface area contributed by atoms with Gasteiger partial charge in [0.15, 0.2) is 6.29 Å². The fourth-order valence-electron chi connectivity index (χ4n) is 1.26. The van der Waals surface area contributed by atoms with E-state index in [0.717, 1.165) is 13.1 Å². The van der Waals surface area contributed by atoms with Crippen LogP contribution in [-0.2, 0) is 16.0 Å². The molecule has 1 aromatic rings. The van der Waals surface area contributed by atoms with Gasteiger partial charge in [0.1, 0.15) is 0 Å². The zero-order chi connectivity index (χ0) is 10.4. The van der Waals surface area contributed by atoms with Crippen molar-refractivity contribution in [1.29, 1.82) is 0 Å². The van der Waals surface area contributed by atoms with Gasteiger partial charge in [-0.1, -0.05) is 0 Å². The highest BCUT2D eigenvalue weighted by Crippen LogP contribution is 2.08. The molecule has 0 aliphatic rings. The van der Waals surface area contributed by atoms with Crippen molar-refractivity contribution in [2.75, 3.05) is 27.8 Å². The van der Waals surface area contributed by atoms with E-state index in [1.807, 2.05) is 0 Å². The summed E-state index contributed by atoms with van der Waals surface area (Å²) in [5, 5.41) is 4.25. The van der Waals surface area contributed by atoms with E-state index in [0.29, 0.717) is 0 Å². The summed E-state index contributed by atoms with van der Waals surface area (Å²) in [7, 11) is 5.38. The van der Waals surface area contributed by atoms with Crippen molar-refractivity contribution >= 4 is 11.3 Å². The summed E-state index contributed by atoms with van der Waals surface area (Å²) in [5.41, 5.74) is 1.34. The van der Waals surface area contributed by atoms with Crippen LogP contribution in [0.15, 0.2) is 16.8 Å². The van der Waals surface area contributed by atoms with Gasteiger partial charge < -0.3 is 9.47 Å². The Kier molecular flexibility index (Phi) is 5.11. The fraction of sp³-hybridized carbons (Fsp3) is 0.600. The molecule has 0 aliphatic heterocycles. The van der Waals surface area contributed by atoms with Crippen LogP contribution in [0.1, 0.15) is 5.56 Å². The maximum absolute atomic E-state index is 5.13. The predicted octanol–water partition coefficient (Wildman–Crippen LogP) is 1.80. The smallest absolute Gasteiger partial charge is 0.169 e. The zero-order valence-corrected chi connectivity index (χ0v) is 9.71.